The summed E-state index contributed by atoms with van der Waals surface area (Å²) in [7, 11) is 0. The zero-order valence-electron chi connectivity index (χ0n) is 18.3. The Morgan fingerprint density at radius 2 is 1.79 bits per heavy atom. The van der Waals surface area contributed by atoms with E-state index in [1.54, 1.807) is 0 Å². The number of hydrogen-bond donors (Lipinski definition) is 2. The van der Waals surface area contributed by atoms with Crippen LogP contribution in [0.1, 0.15) is 72.6 Å². The van der Waals surface area contributed by atoms with Crippen LogP contribution in [0.2, 0.25) is 0 Å². The molecular weight excluding hydrogens is 368 g/mol. The summed E-state index contributed by atoms with van der Waals surface area (Å²) in [4.78, 5) is 31.6. The first-order chi connectivity index (χ1) is 13.5. The summed E-state index contributed by atoms with van der Waals surface area (Å²) >= 11 is 0. The number of nitrogens with zero attached hydrogens (tertiary/aromatic N) is 1. The van der Waals surface area contributed by atoms with Crippen molar-refractivity contribution in [3.63, 3.8) is 0 Å². The van der Waals surface area contributed by atoms with Gasteiger partial charge in [-0.1, -0.05) is 32.9 Å². The van der Waals surface area contributed by atoms with Crippen molar-refractivity contribution in [2.75, 3.05) is 13.2 Å². The average molecular weight is 405 g/mol. The molecule has 0 bridgehead atoms. The summed E-state index contributed by atoms with van der Waals surface area (Å²) in [5.41, 5.74) is 3.18. The van der Waals surface area contributed by atoms with Gasteiger partial charge in [0.2, 0.25) is 0 Å². The molecule has 4 fully saturated rings. The standard InChI is InChI=1S/C23H36N2O4/c1-20(2)17(25-29-12-11-24)8-10-22(4)16-7-9-21(3)15(5-6-18(21)26)14(16)13-19(27)23(20,22)28/h14-16,28H,5-13,24H2,1-4H3/t14-,15-,16-,21-,22+,23+/m0/s1. The highest BCUT2D eigenvalue weighted by molar-refractivity contribution is 6.02. The minimum absolute atomic E-state index is 0.0823. The van der Waals surface area contributed by atoms with Gasteiger partial charge in [0.25, 0.3) is 0 Å². The molecule has 0 spiro atoms. The molecule has 6 atom stereocenters. The van der Waals surface area contributed by atoms with Crippen LogP contribution in [-0.4, -0.2) is 41.1 Å². The van der Waals surface area contributed by atoms with Crippen molar-refractivity contribution in [1.29, 1.82) is 0 Å². The Balaban J connectivity index is 1.72. The van der Waals surface area contributed by atoms with Crippen LogP contribution in [0.5, 0.6) is 0 Å². The molecule has 0 aromatic rings. The highest BCUT2D eigenvalue weighted by Gasteiger charge is 2.72. The van der Waals surface area contributed by atoms with Crippen molar-refractivity contribution in [2.45, 2.75) is 78.2 Å². The normalized spacial score (nSPS) is 47.5. The lowest BCUT2D eigenvalue weighted by Gasteiger charge is -2.65. The van der Waals surface area contributed by atoms with E-state index in [4.69, 9.17) is 10.6 Å². The van der Waals surface area contributed by atoms with E-state index < -0.39 is 16.4 Å². The third-order valence-electron chi connectivity index (χ3n) is 9.51. The molecule has 6 nitrogen and oxygen atoms in total. The van der Waals surface area contributed by atoms with Gasteiger partial charge in [-0.05, 0) is 49.9 Å². The van der Waals surface area contributed by atoms with Crippen molar-refractivity contribution in [3.05, 3.63) is 0 Å². The molecule has 4 aliphatic carbocycles. The monoisotopic (exact) mass is 404 g/mol. The molecule has 162 valence electrons. The lowest BCUT2D eigenvalue weighted by molar-refractivity contribution is -0.217. The van der Waals surface area contributed by atoms with Gasteiger partial charge in [-0.25, -0.2) is 0 Å². The van der Waals surface area contributed by atoms with Gasteiger partial charge >= 0.3 is 0 Å². The number of carbonyl (C=O) groups is 2. The molecule has 29 heavy (non-hydrogen) atoms. The molecule has 0 heterocycles. The van der Waals surface area contributed by atoms with Gasteiger partial charge in [0, 0.05) is 35.6 Å². The molecule has 0 aromatic carbocycles. The topological polar surface area (TPSA) is 102 Å². The number of oxime groups is 1. The van der Waals surface area contributed by atoms with Gasteiger partial charge in [0.05, 0.1) is 5.71 Å². The number of fused-ring (bicyclic) bond motifs is 5. The smallest absolute Gasteiger partial charge is 0.166 e. The molecule has 0 radical (unpaired) electrons. The highest BCUT2D eigenvalue weighted by Crippen LogP contribution is 2.68. The predicted molar refractivity (Wildman–Crippen MR) is 110 cm³/mol. The maximum absolute atomic E-state index is 13.6. The Morgan fingerprint density at radius 3 is 2.48 bits per heavy atom. The van der Waals surface area contributed by atoms with Crippen molar-refractivity contribution < 1.29 is 19.5 Å². The number of ketones is 2. The quantitative estimate of drug-likeness (QED) is 0.556. The van der Waals surface area contributed by atoms with Crippen LogP contribution in [0.4, 0.5) is 0 Å². The number of hydrogen-bond acceptors (Lipinski definition) is 6. The van der Waals surface area contributed by atoms with E-state index >= 15 is 0 Å². The second kappa shape index (κ2) is 6.61. The SMILES string of the molecule is CC1(C)C(=NOCCN)CC[C@]2(C)[C@H]3CC[C@]4(C)C(=O)CC[C@H]4[C@@H]3CC(=O)[C@@]12O. The molecule has 4 rings (SSSR count). The third kappa shape index (κ3) is 2.51. The number of carbonyl (C=O) groups excluding carboxylic acids is 2. The van der Waals surface area contributed by atoms with E-state index in [2.05, 4.69) is 19.0 Å². The maximum atomic E-state index is 13.6. The molecule has 0 aromatic heterocycles. The van der Waals surface area contributed by atoms with E-state index in [1.165, 1.54) is 0 Å². The molecule has 0 aliphatic heterocycles. The van der Waals surface area contributed by atoms with Crippen molar-refractivity contribution in [2.24, 2.45) is 44.9 Å². The fourth-order valence-electron chi connectivity index (χ4n) is 7.75. The van der Waals surface area contributed by atoms with Crippen LogP contribution in [0.3, 0.4) is 0 Å². The predicted octanol–water partition coefficient (Wildman–Crippen LogP) is 2.86. The van der Waals surface area contributed by atoms with Crippen molar-refractivity contribution in [1.82, 2.24) is 0 Å². The van der Waals surface area contributed by atoms with E-state index in [9.17, 15) is 14.7 Å². The summed E-state index contributed by atoms with van der Waals surface area (Å²) in [6.07, 6.45) is 5.09. The number of Topliss-reactive ketones (excluding diaryl/α,β-unsaturated/α-hetero) is 2. The van der Waals surface area contributed by atoms with Gasteiger partial charge < -0.3 is 15.7 Å². The third-order valence-corrected chi connectivity index (χ3v) is 9.51. The molecule has 6 heteroatoms. The number of aliphatic hydroxyl groups is 1. The van der Waals surface area contributed by atoms with E-state index in [-0.39, 0.29) is 29.0 Å². The Kier molecular flexibility index (Phi) is 4.78. The summed E-state index contributed by atoms with van der Waals surface area (Å²) < 4.78 is 0. The van der Waals surface area contributed by atoms with Crippen LogP contribution < -0.4 is 5.73 Å². The zero-order valence-corrected chi connectivity index (χ0v) is 18.3. The lowest BCUT2D eigenvalue weighted by atomic mass is 9.39. The second-order valence-corrected chi connectivity index (χ2v) is 10.8. The Labute approximate surface area is 173 Å². The van der Waals surface area contributed by atoms with Crippen molar-refractivity contribution in [3.8, 4) is 0 Å². The zero-order chi connectivity index (χ0) is 21.2. The van der Waals surface area contributed by atoms with Crippen molar-refractivity contribution >= 4 is 17.3 Å². The first-order valence-electron chi connectivity index (χ1n) is 11.2. The Morgan fingerprint density at radius 1 is 1.07 bits per heavy atom. The fourth-order valence-corrected chi connectivity index (χ4v) is 7.75. The fraction of sp³-hybridized carbons (Fsp3) is 0.870. The summed E-state index contributed by atoms with van der Waals surface area (Å²) in [6, 6.07) is 0. The Bertz CT molecular complexity index is 762. The highest BCUT2D eigenvalue weighted by atomic mass is 16.6. The van der Waals surface area contributed by atoms with E-state index in [1.807, 2.05) is 13.8 Å². The first-order valence-corrected chi connectivity index (χ1v) is 11.2. The van der Waals surface area contributed by atoms with E-state index in [0.29, 0.717) is 44.6 Å². The summed E-state index contributed by atoms with van der Waals surface area (Å²) in [5, 5.41) is 16.4. The van der Waals surface area contributed by atoms with Crippen LogP contribution in [-0.2, 0) is 14.4 Å². The molecule has 0 amide bonds. The largest absolute Gasteiger partial charge is 0.394 e. The second-order valence-electron chi connectivity index (χ2n) is 10.8. The van der Waals surface area contributed by atoms with Crippen LogP contribution in [0.25, 0.3) is 0 Å². The molecule has 3 N–H and O–H groups in total. The number of rotatable bonds is 3. The molecule has 4 saturated carbocycles. The summed E-state index contributed by atoms with van der Waals surface area (Å²) in [6.45, 7) is 8.78. The van der Waals surface area contributed by atoms with Gasteiger partial charge in [0.1, 0.15) is 18.0 Å². The maximum Gasteiger partial charge on any atom is 0.166 e. The summed E-state index contributed by atoms with van der Waals surface area (Å²) in [5.74, 6) is 1.00. The first kappa shape index (κ1) is 21.0. The molecule has 0 saturated heterocycles. The van der Waals surface area contributed by atoms with Gasteiger partial charge in [-0.15, -0.1) is 0 Å². The van der Waals surface area contributed by atoms with E-state index in [0.717, 1.165) is 25.0 Å². The molecule has 0 unspecified atom stereocenters. The van der Waals surface area contributed by atoms with Gasteiger partial charge in [-0.2, -0.15) is 0 Å². The van der Waals surface area contributed by atoms with Crippen LogP contribution in [0.15, 0.2) is 5.16 Å². The average Bonchev–Trinajstić information content (AvgIpc) is 2.96. The van der Waals surface area contributed by atoms with Crippen LogP contribution in [0, 0.1) is 34.0 Å². The molecular formula is C23H36N2O4. The Hall–Kier alpha value is -1.27. The van der Waals surface area contributed by atoms with Crippen LogP contribution >= 0.6 is 0 Å². The molecule has 4 aliphatic rings. The minimum Gasteiger partial charge on any atom is -0.394 e. The van der Waals surface area contributed by atoms with Gasteiger partial charge in [0.15, 0.2) is 5.78 Å². The number of nitrogens with two attached hydrogens (primary N) is 1. The van der Waals surface area contributed by atoms with Gasteiger partial charge in [-0.3, -0.25) is 9.59 Å². The minimum atomic E-state index is -1.47. The lowest BCUT2D eigenvalue weighted by Crippen LogP contribution is -2.73.